The first-order valence-corrected chi connectivity index (χ1v) is 7.76. The van der Waals surface area contributed by atoms with Crippen LogP contribution in [0.5, 0.6) is 0 Å². The molecular formula is C15H20N2O7. The number of carbonyl (C=O) groups is 2. The summed E-state index contributed by atoms with van der Waals surface area (Å²) >= 11 is 0. The van der Waals surface area contributed by atoms with Crippen LogP contribution in [-0.4, -0.2) is 40.3 Å². The summed E-state index contributed by atoms with van der Waals surface area (Å²) < 4.78 is 17.3. The minimum absolute atomic E-state index is 0.0804. The Kier molecular flexibility index (Phi) is 5.91. The molecule has 0 spiro atoms. The van der Waals surface area contributed by atoms with Crippen molar-refractivity contribution in [2.45, 2.75) is 51.5 Å². The Morgan fingerprint density at radius 1 is 1.29 bits per heavy atom. The zero-order valence-corrected chi connectivity index (χ0v) is 13.5. The molecule has 0 aliphatic carbocycles. The molecule has 0 aromatic carbocycles. The Hall–Kier alpha value is -2.42. The predicted octanol–water partition coefficient (Wildman–Crippen LogP) is 0.0991. The highest BCUT2D eigenvalue weighted by Gasteiger charge is 2.39. The molecule has 1 fully saturated rings. The topological polar surface area (TPSA) is 117 Å². The lowest BCUT2D eigenvalue weighted by atomic mass is 10.2. The van der Waals surface area contributed by atoms with Crippen LogP contribution in [0.4, 0.5) is 0 Å². The Labute approximate surface area is 137 Å². The lowest BCUT2D eigenvalue weighted by molar-refractivity contribution is -0.157. The van der Waals surface area contributed by atoms with Crippen molar-refractivity contribution >= 4 is 11.9 Å². The highest BCUT2D eigenvalue weighted by atomic mass is 16.6. The van der Waals surface area contributed by atoms with Crippen molar-refractivity contribution in [3.05, 3.63) is 33.1 Å². The van der Waals surface area contributed by atoms with Crippen molar-refractivity contribution in [1.29, 1.82) is 0 Å². The van der Waals surface area contributed by atoms with Gasteiger partial charge in [0, 0.05) is 31.5 Å². The van der Waals surface area contributed by atoms with E-state index in [1.807, 2.05) is 0 Å². The van der Waals surface area contributed by atoms with Crippen molar-refractivity contribution in [3.63, 3.8) is 0 Å². The minimum Gasteiger partial charge on any atom is -0.463 e. The van der Waals surface area contributed by atoms with E-state index >= 15 is 0 Å². The van der Waals surface area contributed by atoms with Gasteiger partial charge in [0.1, 0.15) is 25.0 Å². The second-order valence-corrected chi connectivity index (χ2v) is 5.30. The molecule has 24 heavy (non-hydrogen) atoms. The summed E-state index contributed by atoms with van der Waals surface area (Å²) in [6.45, 7) is 3.24. The molecule has 2 rings (SSSR count). The molecule has 132 valence electrons. The third-order valence-electron chi connectivity index (χ3n) is 3.61. The van der Waals surface area contributed by atoms with Gasteiger partial charge in [0.15, 0.2) is 0 Å². The van der Waals surface area contributed by atoms with Gasteiger partial charge < -0.3 is 14.2 Å². The van der Waals surface area contributed by atoms with E-state index in [4.69, 9.17) is 14.2 Å². The fourth-order valence-electron chi connectivity index (χ4n) is 2.33. The summed E-state index contributed by atoms with van der Waals surface area (Å²) in [6, 6.07) is 1.20. The fraction of sp³-hybridized carbons (Fsp3) is 0.600. The van der Waals surface area contributed by atoms with Gasteiger partial charge in [-0.25, -0.2) is 4.79 Å². The van der Waals surface area contributed by atoms with E-state index in [0.717, 1.165) is 0 Å². The number of carbonyl (C=O) groups excluding carboxylic acids is 2. The molecule has 1 aliphatic heterocycles. The van der Waals surface area contributed by atoms with Crippen LogP contribution in [-0.2, 0) is 23.8 Å². The normalized spacial score (nSPS) is 23.0. The number of rotatable bonds is 6. The van der Waals surface area contributed by atoms with Crippen LogP contribution >= 0.6 is 0 Å². The summed E-state index contributed by atoms with van der Waals surface area (Å²) in [5, 5.41) is 0. The third kappa shape index (κ3) is 4.31. The van der Waals surface area contributed by atoms with E-state index in [-0.39, 0.29) is 25.9 Å². The largest absolute Gasteiger partial charge is 0.463 e. The third-order valence-corrected chi connectivity index (χ3v) is 3.61. The van der Waals surface area contributed by atoms with E-state index in [0.29, 0.717) is 0 Å². The molecule has 1 aliphatic rings. The first-order valence-electron chi connectivity index (χ1n) is 7.76. The van der Waals surface area contributed by atoms with E-state index in [2.05, 4.69) is 4.98 Å². The number of aromatic amines is 1. The van der Waals surface area contributed by atoms with Gasteiger partial charge in [0.25, 0.3) is 5.56 Å². The quantitative estimate of drug-likeness (QED) is 0.730. The van der Waals surface area contributed by atoms with Gasteiger partial charge in [-0.1, -0.05) is 13.8 Å². The standard InChI is InChI=1S/C15H20N2O7/c1-3-13(19)22-8-10-9(24-14(20)4-2)7-12(23-10)17-6-5-11(18)16-15(17)21/h5-6,9-10,12H,3-4,7-8H2,1-2H3,(H,16,18,21)/t9-,10+,12+/m0/s1. The van der Waals surface area contributed by atoms with E-state index in [1.54, 1.807) is 13.8 Å². The number of aromatic nitrogens is 2. The first-order chi connectivity index (χ1) is 11.4. The highest BCUT2D eigenvalue weighted by Crippen LogP contribution is 2.30. The number of nitrogens with one attached hydrogen (secondary N) is 1. The number of ether oxygens (including phenoxy) is 3. The maximum atomic E-state index is 11.9. The lowest BCUT2D eigenvalue weighted by Crippen LogP contribution is -2.32. The molecule has 9 nitrogen and oxygen atoms in total. The van der Waals surface area contributed by atoms with Gasteiger partial charge in [-0.3, -0.25) is 23.9 Å². The van der Waals surface area contributed by atoms with Crippen LogP contribution in [0.15, 0.2) is 21.9 Å². The van der Waals surface area contributed by atoms with Crippen LogP contribution in [0, 0.1) is 0 Å². The van der Waals surface area contributed by atoms with Gasteiger partial charge in [0.05, 0.1) is 0 Å². The summed E-state index contributed by atoms with van der Waals surface area (Å²) in [7, 11) is 0. The maximum absolute atomic E-state index is 11.9. The van der Waals surface area contributed by atoms with Crippen molar-refractivity contribution in [2.75, 3.05) is 6.61 Å². The Morgan fingerprint density at radius 2 is 2.00 bits per heavy atom. The summed E-state index contributed by atoms with van der Waals surface area (Å²) in [6.07, 6.45) is -0.118. The molecule has 0 radical (unpaired) electrons. The predicted molar refractivity (Wildman–Crippen MR) is 81.3 cm³/mol. The van der Waals surface area contributed by atoms with Crippen molar-refractivity contribution < 1.29 is 23.8 Å². The second kappa shape index (κ2) is 7.91. The molecule has 3 atom stereocenters. The zero-order valence-electron chi connectivity index (χ0n) is 13.5. The lowest BCUT2D eigenvalue weighted by Gasteiger charge is -2.18. The van der Waals surface area contributed by atoms with E-state index in [1.165, 1.54) is 16.8 Å². The molecular weight excluding hydrogens is 320 g/mol. The molecule has 9 heteroatoms. The van der Waals surface area contributed by atoms with Gasteiger partial charge in [-0.05, 0) is 0 Å². The summed E-state index contributed by atoms with van der Waals surface area (Å²) in [5.41, 5.74) is -1.14. The van der Waals surface area contributed by atoms with Crippen molar-refractivity contribution in [3.8, 4) is 0 Å². The van der Waals surface area contributed by atoms with Crippen LogP contribution < -0.4 is 11.2 Å². The number of hydrogen-bond donors (Lipinski definition) is 1. The van der Waals surface area contributed by atoms with Gasteiger partial charge in [-0.2, -0.15) is 0 Å². The molecule has 1 aromatic rings. The Balaban J connectivity index is 2.15. The summed E-state index contributed by atoms with van der Waals surface area (Å²) in [4.78, 5) is 48.0. The summed E-state index contributed by atoms with van der Waals surface area (Å²) in [5.74, 6) is -0.811. The fourth-order valence-corrected chi connectivity index (χ4v) is 2.33. The Morgan fingerprint density at radius 3 is 2.62 bits per heavy atom. The molecule has 2 heterocycles. The van der Waals surface area contributed by atoms with Crippen molar-refractivity contribution in [2.24, 2.45) is 0 Å². The second-order valence-electron chi connectivity index (χ2n) is 5.30. The number of esters is 2. The molecule has 1 saturated heterocycles. The maximum Gasteiger partial charge on any atom is 0.330 e. The van der Waals surface area contributed by atoms with Gasteiger partial charge in [-0.15, -0.1) is 0 Å². The van der Waals surface area contributed by atoms with Crippen LogP contribution in [0.1, 0.15) is 39.3 Å². The number of hydrogen-bond acceptors (Lipinski definition) is 7. The SMILES string of the molecule is CCC(=O)OC[C@H]1O[C@@H](n2ccc(=O)[nH]c2=O)C[C@@H]1OC(=O)CC. The van der Waals surface area contributed by atoms with Gasteiger partial charge in [0.2, 0.25) is 0 Å². The average Bonchev–Trinajstić information content (AvgIpc) is 2.94. The molecule has 0 saturated carbocycles. The molecule has 0 bridgehead atoms. The van der Waals surface area contributed by atoms with Crippen molar-refractivity contribution in [1.82, 2.24) is 9.55 Å². The molecule has 1 aromatic heterocycles. The van der Waals surface area contributed by atoms with E-state index in [9.17, 15) is 19.2 Å². The van der Waals surface area contributed by atoms with Crippen LogP contribution in [0.3, 0.4) is 0 Å². The zero-order chi connectivity index (χ0) is 17.7. The van der Waals surface area contributed by atoms with Crippen LogP contribution in [0.2, 0.25) is 0 Å². The molecule has 0 unspecified atom stereocenters. The average molecular weight is 340 g/mol. The molecule has 0 amide bonds. The monoisotopic (exact) mass is 340 g/mol. The minimum atomic E-state index is -0.727. The first kappa shape index (κ1) is 17.9. The van der Waals surface area contributed by atoms with E-state index < -0.39 is 41.6 Å². The highest BCUT2D eigenvalue weighted by molar-refractivity contribution is 5.69. The Bertz CT molecular complexity index is 708. The number of nitrogens with zero attached hydrogens (tertiary/aromatic N) is 1. The van der Waals surface area contributed by atoms with Gasteiger partial charge >= 0.3 is 17.6 Å². The smallest absolute Gasteiger partial charge is 0.330 e. The molecule has 1 N–H and O–H groups in total. The van der Waals surface area contributed by atoms with Crippen LogP contribution in [0.25, 0.3) is 0 Å². The number of H-pyrrole nitrogens is 1.